The van der Waals surface area contributed by atoms with E-state index in [-0.39, 0.29) is 25.7 Å². The lowest BCUT2D eigenvalue weighted by Crippen LogP contribution is -2.30. The van der Waals surface area contributed by atoms with Crippen LogP contribution in [0.3, 0.4) is 0 Å². The van der Waals surface area contributed by atoms with Gasteiger partial charge in [0.1, 0.15) is 19.3 Å². The number of rotatable bonds is 88. The first kappa shape index (κ1) is 107. The van der Waals surface area contributed by atoms with E-state index in [9.17, 15) is 43.2 Å². The number of aliphatic hydroxyl groups excluding tert-OH is 1. The molecule has 0 aliphatic rings. The second kappa shape index (κ2) is 79.9. The van der Waals surface area contributed by atoms with Crippen LogP contribution in [0.15, 0.2) is 0 Å². The molecule has 3 N–H and O–H groups in total. The summed E-state index contributed by atoms with van der Waals surface area (Å²) in [6.07, 6.45) is 72.4. The summed E-state index contributed by atoms with van der Waals surface area (Å²) in [5.41, 5.74) is 0. The summed E-state index contributed by atoms with van der Waals surface area (Å²) in [6.45, 7) is 12.0. The van der Waals surface area contributed by atoms with Crippen molar-refractivity contribution in [1.82, 2.24) is 0 Å². The highest BCUT2D eigenvalue weighted by Gasteiger charge is 2.31. The molecule has 0 fully saturated rings. The molecule has 0 rings (SSSR count). The summed E-state index contributed by atoms with van der Waals surface area (Å²) in [4.78, 5) is 73.3. The second-order valence-corrected chi connectivity index (χ2v) is 36.4. The lowest BCUT2D eigenvalue weighted by atomic mass is 9.99. The van der Waals surface area contributed by atoms with E-state index in [1.807, 2.05) is 0 Å². The van der Waals surface area contributed by atoms with Gasteiger partial charge in [0.25, 0.3) is 0 Å². The summed E-state index contributed by atoms with van der Waals surface area (Å²) < 4.78 is 69.0. The zero-order chi connectivity index (χ0) is 80.0. The molecule has 19 heteroatoms. The fraction of sp³-hybridized carbons (Fsp3) is 0.956. The maximum atomic E-state index is 13.2. The van der Waals surface area contributed by atoms with Crippen LogP contribution >= 0.6 is 15.6 Å². The normalized spacial score (nSPS) is 14.1. The molecule has 0 aliphatic heterocycles. The van der Waals surface area contributed by atoms with Crippen molar-refractivity contribution in [3.8, 4) is 0 Å². The first-order valence-electron chi connectivity index (χ1n) is 46.4. The molecule has 6 atom stereocenters. The van der Waals surface area contributed by atoms with Crippen molar-refractivity contribution in [2.24, 2.45) is 17.8 Å². The van der Waals surface area contributed by atoms with Crippen LogP contribution in [-0.4, -0.2) is 96.7 Å². The number of aliphatic hydroxyl groups is 1. The molecule has 648 valence electrons. The predicted octanol–water partition coefficient (Wildman–Crippen LogP) is 27.6. The van der Waals surface area contributed by atoms with E-state index in [1.54, 1.807) is 0 Å². The smallest absolute Gasteiger partial charge is 0.462 e. The van der Waals surface area contributed by atoms with Crippen molar-refractivity contribution in [1.29, 1.82) is 0 Å². The van der Waals surface area contributed by atoms with Gasteiger partial charge in [-0.05, 0) is 43.4 Å². The standard InChI is InChI=1S/C90H176O17P2/c1-8-10-11-12-13-14-15-16-17-18-19-23-28-33-38-43-50-57-64-71-87(92)100-77-85(106-89(94)73-66-59-51-44-39-34-29-24-21-20-22-27-32-37-42-49-56-63-70-83(7)9-2)79-104-108(96,97)102-75-84(91)76-103-109(98,99)105-80-86(78-101-88(93)72-65-58-53-46-48-55-62-69-82(5)6)107-90(95)74-67-60-52-45-40-35-30-25-26-31-36-41-47-54-61-68-81(3)4/h81-86,91H,8-80H2,1-7H3,(H,96,97)(H,98,99)/t83?,84-,85-,86-/m1/s1. The maximum Gasteiger partial charge on any atom is 0.472 e. The molecule has 109 heavy (non-hydrogen) atoms. The number of hydrogen-bond donors (Lipinski definition) is 3. The molecule has 0 amide bonds. The average molecular weight is 1590 g/mol. The van der Waals surface area contributed by atoms with Gasteiger partial charge in [-0.3, -0.25) is 37.3 Å². The lowest BCUT2D eigenvalue weighted by Gasteiger charge is -2.21. The Morgan fingerprint density at radius 2 is 0.468 bits per heavy atom. The minimum absolute atomic E-state index is 0.107. The van der Waals surface area contributed by atoms with Gasteiger partial charge in [0.2, 0.25) is 0 Å². The van der Waals surface area contributed by atoms with Gasteiger partial charge in [-0.25, -0.2) is 9.13 Å². The predicted molar refractivity (Wildman–Crippen MR) is 451 cm³/mol. The number of phosphoric ester groups is 2. The molecule has 0 aromatic carbocycles. The molecule has 17 nitrogen and oxygen atoms in total. The quantitative estimate of drug-likeness (QED) is 0.0222. The molecule has 0 saturated heterocycles. The van der Waals surface area contributed by atoms with Gasteiger partial charge in [-0.1, -0.05) is 427 Å². The Morgan fingerprint density at radius 1 is 0.266 bits per heavy atom. The highest BCUT2D eigenvalue weighted by atomic mass is 31.2. The number of esters is 4. The van der Waals surface area contributed by atoms with Crippen LogP contribution in [0.4, 0.5) is 0 Å². The Labute approximate surface area is 670 Å². The molecule has 0 aromatic rings. The molecule has 0 aliphatic carbocycles. The van der Waals surface area contributed by atoms with Crippen molar-refractivity contribution in [3.63, 3.8) is 0 Å². The van der Waals surface area contributed by atoms with Crippen LogP contribution in [0.25, 0.3) is 0 Å². The van der Waals surface area contributed by atoms with Gasteiger partial charge in [0.15, 0.2) is 12.2 Å². The largest absolute Gasteiger partial charge is 0.472 e. The monoisotopic (exact) mass is 1590 g/mol. The summed E-state index contributed by atoms with van der Waals surface area (Å²) >= 11 is 0. The van der Waals surface area contributed by atoms with E-state index in [0.717, 1.165) is 108 Å². The highest BCUT2D eigenvalue weighted by molar-refractivity contribution is 7.47. The van der Waals surface area contributed by atoms with Crippen LogP contribution in [0, 0.1) is 17.8 Å². The van der Waals surface area contributed by atoms with Crippen molar-refractivity contribution < 1.29 is 80.2 Å². The van der Waals surface area contributed by atoms with Crippen LogP contribution in [0.5, 0.6) is 0 Å². The molecule has 0 bridgehead atoms. The Kier molecular flexibility index (Phi) is 78.5. The third-order valence-corrected chi connectivity index (χ3v) is 23.4. The number of phosphoric acid groups is 2. The highest BCUT2D eigenvalue weighted by Crippen LogP contribution is 2.45. The summed E-state index contributed by atoms with van der Waals surface area (Å²) in [5.74, 6) is 0.277. The Balaban J connectivity index is 5.22. The molecular weight excluding hydrogens is 1410 g/mol. The Hall–Kier alpha value is -1.94. The molecule has 0 saturated carbocycles. The van der Waals surface area contributed by atoms with E-state index in [1.165, 1.54) is 283 Å². The second-order valence-electron chi connectivity index (χ2n) is 33.5. The SMILES string of the molecule is CCCCCCCCCCCCCCCCCCCCCC(=O)OC[C@H](COP(=O)(O)OC[C@@H](O)COP(=O)(O)OC[C@@H](COC(=O)CCCCCCCCCC(C)C)OC(=O)CCCCCCCCCCCCCCCCCC(C)C)OC(=O)CCCCCCCCCCCCCCCCCCCCC(C)CC. The molecule has 3 unspecified atom stereocenters. The Morgan fingerprint density at radius 3 is 0.697 bits per heavy atom. The number of unbranched alkanes of at least 4 members (excludes halogenated alkanes) is 55. The van der Waals surface area contributed by atoms with Gasteiger partial charge in [0, 0.05) is 25.7 Å². The minimum Gasteiger partial charge on any atom is -0.462 e. The molecular formula is C90H176O17P2. The van der Waals surface area contributed by atoms with Gasteiger partial charge in [-0.15, -0.1) is 0 Å². The van der Waals surface area contributed by atoms with Gasteiger partial charge >= 0.3 is 39.5 Å². The topological polar surface area (TPSA) is 237 Å². The summed E-state index contributed by atoms with van der Waals surface area (Å²) in [6, 6.07) is 0. The number of ether oxygens (including phenoxy) is 4. The third kappa shape index (κ3) is 82.4. The molecule has 0 heterocycles. The zero-order valence-electron chi connectivity index (χ0n) is 72.0. The van der Waals surface area contributed by atoms with E-state index < -0.39 is 97.5 Å². The van der Waals surface area contributed by atoms with Crippen LogP contribution in [0.1, 0.15) is 479 Å². The Bertz CT molecular complexity index is 2100. The zero-order valence-corrected chi connectivity index (χ0v) is 73.8. The number of hydrogen-bond acceptors (Lipinski definition) is 15. The van der Waals surface area contributed by atoms with Crippen molar-refractivity contribution >= 4 is 39.5 Å². The first-order valence-corrected chi connectivity index (χ1v) is 49.4. The van der Waals surface area contributed by atoms with Crippen molar-refractivity contribution in [2.75, 3.05) is 39.6 Å². The van der Waals surface area contributed by atoms with Crippen molar-refractivity contribution in [3.05, 3.63) is 0 Å². The molecule has 0 radical (unpaired) electrons. The number of carbonyl (C=O) groups excluding carboxylic acids is 4. The van der Waals surface area contributed by atoms with E-state index in [0.29, 0.717) is 31.6 Å². The number of carbonyl (C=O) groups is 4. The summed E-state index contributed by atoms with van der Waals surface area (Å²) in [7, 11) is -9.93. The molecule has 0 spiro atoms. The van der Waals surface area contributed by atoms with Gasteiger partial charge in [0.05, 0.1) is 26.4 Å². The first-order chi connectivity index (χ1) is 52.8. The van der Waals surface area contributed by atoms with Crippen LogP contribution < -0.4 is 0 Å². The van der Waals surface area contributed by atoms with Crippen molar-refractivity contribution in [2.45, 2.75) is 497 Å². The average Bonchev–Trinajstić information content (AvgIpc) is 0.894. The van der Waals surface area contributed by atoms with E-state index in [4.69, 9.17) is 37.0 Å². The minimum atomic E-state index is -4.97. The van der Waals surface area contributed by atoms with Crippen LogP contribution in [0.2, 0.25) is 0 Å². The van der Waals surface area contributed by atoms with Gasteiger partial charge in [-0.2, -0.15) is 0 Å². The fourth-order valence-corrected chi connectivity index (χ4v) is 15.6. The van der Waals surface area contributed by atoms with Gasteiger partial charge < -0.3 is 33.8 Å². The lowest BCUT2D eigenvalue weighted by molar-refractivity contribution is -0.161. The van der Waals surface area contributed by atoms with Crippen LogP contribution in [-0.2, 0) is 65.4 Å². The third-order valence-electron chi connectivity index (χ3n) is 21.5. The van der Waals surface area contributed by atoms with E-state index in [2.05, 4.69) is 48.5 Å². The fourth-order valence-electron chi connectivity index (χ4n) is 14.0. The molecule has 0 aromatic heterocycles. The summed E-state index contributed by atoms with van der Waals surface area (Å²) in [5, 5.41) is 10.7. The van der Waals surface area contributed by atoms with E-state index >= 15 is 0 Å². The maximum absolute atomic E-state index is 13.2.